The van der Waals surface area contributed by atoms with Crippen LogP contribution in [0.4, 0.5) is 17.5 Å². The molecule has 1 aromatic carbocycles. The lowest BCUT2D eigenvalue weighted by Crippen LogP contribution is -2.08. The van der Waals surface area contributed by atoms with Gasteiger partial charge in [-0.15, -0.1) is 0 Å². The second kappa shape index (κ2) is 8.55. The first kappa shape index (κ1) is 17.3. The fourth-order valence-electron chi connectivity index (χ4n) is 2.24. The van der Waals surface area contributed by atoms with E-state index in [0.29, 0.717) is 24.7 Å². The fraction of sp³-hybridized carbons (Fsp3) is 0.167. The summed E-state index contributed by atoms with van der Waals surface area (Å²) in [5.74, 6) is 1.19. The van der Waals surface area contributed by atoms with Crippen molar-refractivity contribution >= 4 is 33.4 Å². The smallest absolute Gasteiger partial charge is 0.225 e. The van der Waals surface area contributed by atoms with Gasteiger partial charge in [-0.3, -0.25) is 4.98 Å². The van der Waals surface area contributed by atoms with Crippen molar-refractivity contribution in [3.05, 3.63) is 59.3 Å². The van der Waals surface area contributed by atoms with Crippen molar-refractivity contribution in [2.24, 2.45) is 0 Å². The van der Waals surface area contributed by atoms with Crippen LogP contribution in [0.15, 0.2) is 59.3 Å². The van der Waals surface area contributed by atoms with Crippen LogP contribution in [-0.4, -0.2) is 33.2 Å². The number of rotatable bonds is 7. The Bertz CT molecular complexity index is 829. The average Bonchev–Trinajstić information content (AvgIpc) is 2.64. The predicted octanol–water partition coefficient (Wildman–Crippen LogP) is 3.84. The van der Waals surface area contributed by atoms with E-state index in [-0.39, 0.29) is 6.61 Å². The summed E-state index contributed by atoms with van der Waals surface area (Å²) in [7, 11) is 0. The molecule has 128 valence electrons. The summed E-state index contributed by atoms with van der Waals surface area (Å²) in [6.45, 7) is 0.726. The number of aliphatic hydroxyl groups is 1. The minimum atomic E-state index is 0.124. The van der Waals surface area contributed by atoms with E-state index in [1.54, 1.807) is 12.4 Å². The third-order valence-electron chi connectivity index (χ3n) is 3.46. The molecule has 25 heavy (non-hydrogen) atoms. The molecular formula is C18H18BrN5O. The Labute approximate surface area is 154 Å². The maximum Gasteiger partial charge on any atom is 0.225 e. The first-order valence-electron chi connectivity index (χ1n) is 7.92. The number of nitrogens with zero attached hydrogens (tertiary/aromatic N) is 3. The quantitative estimate of drug-likeness (QED) is 0.523. The number of benzene rings is 1. The lowest BCUT2D eigenvalue weighted by molar-refractivity contribution is 0.292. The molecule has 2 aromatic heterocycles. The second-order valence-electron chi connectivity index (χ2n) is 5.31. The summed E-state index contributed by atoms with van der Waals surface area (Å²) < 4.78 is 0.953. The summed E-state index contributed by atoms with van der Waals surface area (Å²) in [5.41, 5.74) is 2.67. The van der Waals surface area contributed by atoms with Gasteiger partial charge in [-0.2, -0.15) is 4.98 Å². The Morgan fingerprint density at radius 2 is 1.84 bits per heavy atom. The van der Waals surface area contributed by atoms with Crippen LogP contribution < -0.4 is 10.6 Å². The van der Waals surface area contributed by atoms with Crippen LogP contribution >= 0.6 is 15.9 Å². The van der Waals surface area contributed by atoms with Crippen LogP contribution in [0.1, 0.15) is 6.42 Å². The molecule has 0 aliphatic heterocycles. The van der Waals surface area contributed by atoms with Gasteiger partial charge >= 0.3 is 0 Å². The Morgan fingerprint density at radius 3 is 2.60 bits per heavy atom. The highest BCUT2D eigenvalue weighted by Crippen LogP contribution is 2.27. The molecule has 0 saturated carbocycles. The normalized spacial score (nSPS) is 10.5. The lowest BCUT2D eigenvalue weighted by atomic mass is 10.2. The first-order chi connectivity index (χ1) is 12.3. The molecule has 3 aromatic rings. The molecule has 0 spiro atoms. The van der Waals surface area contributed by atoms with E-state index in [9.17, 15) is 0 Å². The molecule has 0 saturated heterocycles. The van der Waals surface area contributed by atoms with E-state index >= 15 is 0 Å². The van der Waals surface area contributed by atoms with E-state index in [4.69, 9.17) is 5.11 Å². The van der Waals surface area contributed by atoms with E-state index in [0.717, 1.165) is 21.4 Å². The zero-order chi connectivity index (χ0) is 17.5. The van der Waals surface area contributed by atoms with Crippen molar-refractivity contribution in [1.29, 1.82) is 0 Å². The van der Waals surface area contributed by atoms with Crippen molar-refractivity contribution in [2.75, 3.05) is 23.8 Å². The van der Waals surface area contributed by atoms with Gasteiger partial charge in [-0.1, -0.05) is 12.1 Å². The van der Waals surface area contributed by atoms with Crippen molar-refractivity contribution < 1.29 is 5.11 Å². The number of aliphatic hydroxyl groups excluding tert-OH is 1. The molecule has 0 unspecified atom stereocenters. The minimum absolute atomic E-state index is 0.124. The molecule has 0 amide bonds. The summed E-state index contributed by atoms with van der Waals surface area (Å²) in [4.78, 5) is 13.1. The summed E-state index contributed by atoms with van der Waals surface area (Å²) in [6, 6.07) is 13.6. The number of hydrogen-bond donors (Lipinski definition) is 3. The third kappa shape index (κ3) is 4.74. The molecule has 0 radical (unpaired) electrons. The van der Waals surface area contributed by atoms with Gasteiger partial charge < -0.3 is 15.7 Å². The number of halogens is 1. The maximum atomic E-state index is 8.95. The fourth-order valence-corrected chi connectivity index (χ4v) is 2.62. The Kier molecular flexibility index (Phi) is 5.92. The zero-order valence-corrected chi connectivity index (χ0v) is 15.1. The van der Waals surface area contributed by atoms with Gasteiger partial charge in [0.05, 0.1) is 11.4 Å². The molecule has 0 atom stereocenters. The molecule has 3 rings (SSSR count). The van der Waals surface area contributed by atoms with E-state index in [2.05, 4.69) is 41.5 Å². The Hall–Kier alpha value is -2.51. The van der Waals surface area contributed by atoms with Crippen molar-refractivity contribution in [1.82, 2.24) is 15.0 Å². The Balaban J connectivity index is 1.93. The predicted molar refractivity (Wildman–Crippen MR) is 103 cm³/mol. The topological polar surface area (TPSA) is 83.0 Å². The van der Waals surface area contributed by atoms with Crippen molar-refractivity contribution in [3.8, 4) is 11.3 Å². The minimum Gasteiger partial charge on any atom is -0.396 e. The third-order valence-corrected chi connectivity index (χ3v) is 4.15. The molecule has 7 heteroatoms. The standard InChI is InChI=1S/C18H18BrN5O/c19-14-4-1-2-5-15(14)22-17-12-16(13-6-9-20-10-7-13)23-18(24-17)21-8-3-11-25/h1-2,4-7,9-10,12,25H,3,8,11H2,(H2,21,22,23,24). The van der Waals surface area contributed by atoms with Crippen LogP contribution in [0.25, 0.3) is 11.3 Å². The average molecular weight is 400 g/mol. The highest BCUT2D eigenvalue weighted by atomic mass is 79.9. The number of nitrogens with one attached hydrogen (secondary N) is 2. The van der Waals surface area contributed by atoms with Crippen LogP contribution in [0.5, 0.6) is 0 Å². The van der Waals surface area contributed by atoms with Crippen LogP contribution in [-0.2, 0) is 0 Å². The summed E-state index contributed by atoms with van der Waals surface area (Å²) in [5, 5.41) is 15.4. The van der Waals surface area contributed by atoms with Crippen LogP contribution in [0.3, 0.4) is 0 Å². The first-order valence-corrected chi connectivity index (χ1v) is 8.71. The molecule has 6 nitrogen and oxygen atoms in total. The zero-order valence-electron chi connectivity index (χ0n) is 13.5. The van der Waals surface area contributed by atoms with E-state index in [1.807, 2.05) is 42.5 Å². The summed E-state index contributed by atoms with van der Waals surface area (Å²) >= 11 is 3.53. The van der Waals surface area contributed by atoms with Gasteiger partial charge in [0.2, 0.25) is 5.95 Å². The number of pyridine rings is 1. The number of aromatic nitrogens is 3. The van der Waals surface area contributed by atoms with Gasteiger partial charge in [-0.05, 0) is 46.6 Å². The number of para-hydroxylation sites is 1. The van der Waals surface area contributed by atoms with Crippen LogP contribution in [0, 0.1) is 0 Å². The molecule has 3 N–H and O–H groups in total. The van der Waals surface area contributed by atoms with Crippen molar-refractivity contribution in [2.45, 2.75) is 6.42 Å². The summed E-state index contributed by atoms with van der Waals surface area (Å²) in [6.07, 6.45) is 4.10. The van der Waals surface area contributed by atoms with Crippen molar-refractivity contribution in [3.63, 3.8) is 0 Å². The monoisotopic (exact) mass is 399 g/mol. The van der Waals surface area contributed by atoms with Gasteiger partial charge in [0.25, 0.3) is 0 Å². The molecule has 0 fully saturated rings. The molecule has 2 heterocycles. The lowest BCUT2D eigenvalue weighted by Gasteiger charge is -2.12. The molecule has 0 bridgehead atoms. The van der Waals surface area contributed by atoms with Gasteiger partial charge in [-0.25, -0.2) is 4.98 Å². The van der Waals surface area contributed by atoms with Gasteiger partial charge in [0, 0.05) is 41.6 Å². The largest absolute Gasteiger partial charge is 0.396 e. The second-order valence-corrected chi connectivity index (χ2v) is 6.16. The Morgan fingerprint density at radius 1 is 1.04 bits per heavy atom. The van der Waals surface area contributed by atoms with Gasteiger partial charge in [0.1, 0.15) is 5.82 Å². The SMILES string of the molecule is OCCCNc1nc(Nc2ccccc2Br)cc(-c2ccncc2)n1. The molecule has 0 aliphatic rings. The maximum absolute atomic E-state index is 8.95. The highest BCUT2D eigenvalue weighted by molar-refractivity contribution is 9.10. The number of anilines is 3. The van der Waals surface area contributed by atoms with Crippen LogP contribution in [0.2, 0.25) is 0 Å². The van der Waals surface area contributed by atoms with E-state index in [1.165, 1.54) is 0 Å². The van der Waals surface area contributed by atoms with Gasteiger partial charge in [0.15, 0.2) is 0 Å². The van der Waals surface area contributed by atoms with E-state index < -0.39 is 0 Å². The molecule has 0 aliphatic carbocycles. The number of hydrogen-bond acceptors (Lipinski definition) is 6. The highest BCUT2D eigenvalue weighted by Gasteiger charge is 2.08. The molecular weight excluding hydrogens is 382 g/mol.